The summed E-state index contributed by atoms with van der Waals surface area (Å²) in [5, 5.41) is 0.398. The molecule has 1 aromatic rings. The highest BCUT2D eigenvalue weighted by molar-refractivity contribution is 6.20. The smallest absolute Gasteiger partial charge is 0.118 e. The van der Waals surface area contributed by atoms with Gasteiger partial charge in [-0.25, -0.2) is 0 Å². The fourth-order valence-electron chi connectivity index (χ4n) is 3.41. The molecule has 2 aliphatic heterocycles. The van der Waals surface area contributed by atoms with Crippen LogP contribution in [0.4, 0.5) is 0 Å². The Morgan fingerprint density at radius 3 is 2.33 bits per heavy atom. The van der Waals surface area contributed by atoms with E-state index in [1.54, 1.807) is 7.11 Å². The topological polar surface area (TPSA) is 12.5 Å². The number of rotatable bonds is 3. The van der Waals surface area contributed by atoms with Crippen molar-refractivity contribution in [3.8, 4) is 5.75 Å². The SMILES string of the molecule is COc1ccc(CN2C3CCC2CC(Cl)C3)cc1. The number of piperidine rings is 1. The van der Waals surface area contributed by atoms with Crippen molar-refractivity contribution < 1.29 is 4.74 Å². The van der Waals surface area contributed by atoms with E-state index in [9.17, 15) is 0 Å². The van der Waals surface area contributed by atoms with E-state index in [4.69, 9.17) is 16.3 Å². The fraction of sp³-hybridized carbons (Fsp3) is 0.600. The minimum atomic E-state index is 0.398. The van der Waals surface area contributed by atoms with E-state index in [0.717, 1.165) is 25.1 Å². The maximum absolute atomic E-state index is 6.31. The third-order valence-electron chi connectivity index (χ3n) is 4.35. The lowest BCUT2D eigenvalue weighted by atomic mass is 10.0. The van der Waals surface area contributed by atoms with Gasteiger partial charge in [0.2, 0.25) is 0 Å². The van der Waals surface area contributed by atoms with Crippen LogP contribution in [0.25, 0.3) is 0 Å². The number of benzene rings is 1. The first-order valence-corrected chi connectivity index (χ1v) is 7.22. The van der Waals surface area contributed by atoms with Gasteiger partial charge in [-0.1, -0.05) is 12.1 Å². The monoisotopic (exact) mass is 265 g/mol. The number of nitrogens with zero attached hydrogens (tertiary/aromatic N) is 1. The van der Waals surface area contributed by atoms with Crippen LogP contribution in [-0.2, 0) is 6.54 Å². The Morgan fingerprint density at radius 1 is 1.17 bits per heavy atom. The lowest BCUT2D eigenvalue weighted by Crippen LogP contribution is -2.42. The highest BCUT2D eigenvalue weighted by Gasteiger charge is 2.39. The Kier molecular flexibility index (Phi) is 3.49. The first-order chi connectivity index (χ1) is 8.76. The molecule has 0 aromatic heterocycles. The molecule has 3 rings (SSSR count). The van der Waals surface area contributed by atoms with Crippen molar-refractivity contribution >= 4 is 11.6 Å². The molecule has 0 spiro atoms. The molecule has 2 atom stereocenters. The molecule has 98 valence electrons. The summed E-state index contributed by atoms with van der Waals surface area (Å²) in [7, 11) is 1.71. The van der Waals surface area contributed by atoms with Crippen LogP contribution >= 0.6 is 11.6 Å². The molecule has 2 nitrogen and oxygen atoms in total. The fourth-order valence-corrected chi connectivity index (χ4v) is 3.82. The molecule has 18 heavy (non-hydrogen) atoms. The quantitative estimate of drug-likeness (QED) is 0.777. The number of halogens is 1. The van der Waals surface area contributed by atoms with Crippen molar-refractivity contribution in [1.82, 2.24) is 4.90 Å². The van der Waals surface area contributed by atoms with Gasteiger partial charge in [0.15, 0.2) is 0 Å². The molecule has 1 aromatic carbocycles. The molecule has 0 aliphatic carbocycles. The molecule has 0 radical (unpaired) electrons. The zero-order valence-corrected chi connectivity index (χ0v) is 11.6. The molecule has 2 saturated heterocycles. The second kappa shape index (κ2) is 5.10. The van der Waals surface area contributed by atoms with Crippen LogP contribution in [0.5, 0.6) is 5.75 Å². The van der Waals surface area contributed by atoms with Gasteiger partial charge in [-0.2, -0.15) is 0 Å². The minimum Gasteiger partial charge on any atom is -0.497 e. The molecule has 2 unspecified atom stereocenters. The Morgan fingerprint density at radius 2 is 1.78 bits per heavy atom. The number of ether oxygens (including phenoxy) is 1. The number of hydrogen-bond donors (Lipinski definition) is 0. The molecule has 2 fully saturated rings. The number of fused-ring (bicyclic) bond motifs is 2. The van der Waals surface area contributed by atoms with Gasteiger partial charge in [-0.3, -0.25) is 4.90 Å². The first kappa shape index (κ1) is 12.3. The van der Waals surface area contributed by atoms with Gasteiger partial charge in [-0.15, -0.1) is 11.6 Å². The summed E-state index contributed by atoms with van der Waals surface area (Å²) in [5.74, 6) is 0.932. The van der Waals surface area contributed by atoms with Crippen molar-refractivity contribution in [2.24, 2.45) is 0 Å². The maximum Gasteiger partial charge on any atom is 0.118 e. The lowest BCUT2D eigenvalue weighted by Gasteiger charge is -2.37. The van der Waals surface area contributed by atoms with Crippen molar-refractivity contribution in [3.63, 3.8) is 0 Å². The van der Waals surface area contributed by atoms with Gasteiger partial charge in [0.05, 0.1) is 7.11 Å². The third kappa shape index (κ3) is 2.36. The van der Waals surface area contributed by atoms with Crippen LogP contribution in [0.3, 0.4) is 0 Å². The van der Waals surface area contributed by atoms with Gasteiger partial charge in [0, 0.05) is 24.0 Å². The van der Waals surface area contributed by atoms with Crippen molar-refractivity contribution in [3.05, 3.63) is 29.8 Å². The molecule has 0 amide bonds. The molecule has 2 bridgehead atoms. The van der Waals surface area contributed by atoms with Gasteiger partial charge in [0.25, 0.3) is 0 Å². The average Bonchev–Trinajstić information content (AvgIpc) is 2.62. The Labute approximate surface area is 114 Å². The highest BCUT2D eigenvalue weighted by Crippen LogP contribution is 2.38. The van der Waals surface area contributed by atoms with E-state index >= 15 is 0 Å². The van der Waals surface area contributed by atoms with E-state index in [2.05, 4.69) is 17.0 Å². The van der Waals surface area contributed by atoms with Gasteiger partial charge >= 0.3 is 0 Å². The van der Waals surface area contributed by atoms with Gasteiger partial charge in [0.1, 0.15) is 5.75 Å². The standard InChI is InChI=1S/C15H20ClNO/c1-18-15-6-2-11(3-7-15)10-17-13-4-5-14(17)9-12(16)8-13/h2-3,6-7,12-14H,4-5,8-10H2,1H3. The van der Waals surface area contributed by atoms with Crippen LogP contribution in [0, 0.1) is 0 Å². The van der Waals surface area contributed by atoms with E-state index < -0.39 is 0 Å². The minimum absolute atomic E-state index is 0.398. The van der Waals surface area contributed by atoms with E-state index in [0.29, 0.717) is 17.5 Å². The Balaban J connectivity index is 1.69. The maximum atomic E-state index is 6.31. The predicted molar refractivity (Wildman–Crippen MR) is 74.2 cm³/mol. The van der Waals surface area contributed by atoms with Crippen LogP contribution in [0.1, 0.15) is 31.2 Å². The van der Waals surface area contributed by atoms with Gasteiger partial charge in [-0.05, 0) is 43.4 Å². The third-order valence-corrected chi connectivity index (χ3v) is 4.71. The van der Waals surface area contributed by atoms with Crippen molar-refractivity contribution in [2.45, 2.75) is 49.7 Å². The number of hydrogen-bond acceptors (Lipinski definition) is 2. The number of methoxy groups -OCH3 is 1. The van der Waals surface area contributed by atoms with E-state index in [1.165, 1.54) is 18.4 Å². The summed E-state index contributed by atoms with van der Waals surface area (Å²) < 4.78 is 5.20. The van der Waals surface area contributed by atoms with Crippen molar-refractivity contribution in [1.29, 1.82) is 0 Å². The highest BCUT2D eigenvalue weighted by atomic mass is 35.5. The normalized spacial score (nSPS) is 31.6. The van der Waals surface area contributed by atoms with Crippen LogP contribution in [-0.4, -0.2) is 29.5 Å². The summed E-state index contributed by atoms with van der Waals surface area (Å²) in [6.45, 7) is 1.06. The summed E-state index contributed by atoms with van der Waals surface area (Å²) in [6, 6.07) is 9.84. The number of alkyl halides is 1. The van der Waals surface area contributed by atoms with Crippen LogP contribution in [0.2, 0.25) is 0 Å². The Hall–Kier alpha value is -0.730. The van der Waals surface area contributed by atoms with E-state index in [-0.39, 0.29) is 0 Å². The lowest BCUT2D eigenvalue weighted by molar-refractivity contribution is 0.134. The molecule has 0 N–H and O–H groups in total. The Bertz CT molecular complexity index is 391. The predicted octanol–water partition coefficient (Wildman–Crippen LogP) is 3.43. The molecule has 2 heterocycles. The van der Waals surface area contributed by atoms with Crippen LogP contribution < -0.4 is 4.74 Å². The second-order valence-corrected chi connectivity index (χ2v) is 6.09. The zero-order chi connectivity index (χ0) is 12.5. The summed E-state index contributed by atoms with van der Waals surface area (Å²) >= 11 is 6.31. The van der Waals surface area contributed by atoms with Gasteiger partial charge < -0.3 is 4.74 Å². The van der Waals surface area contributed by atoms with Crippen molar-refractivity contribution in [2.75, 3.05) is 7.11 Å². The molecule has 3 heteroatoms. The average molecular weight is 266 g/mol. The first-order valence-electron chi connectivity index (χ1n) is 6.79. The molecule has 0 saturated carbocycles. The van der Waals surface area contributed by atoms with Crippen LogP contribution in [0.15, 0.2) is 24.3 Å². The summed E-state index contributed by atoms with van der Waals surface area (Å²) in [4.78, 5) is 2.65. The summed E-state index contributed by atoms with van der Waals surface area (Å²) in [6.07, 6.45) is 4.97. The largest absolute Gasteiger partial charge is 0.497 e. The second-order valence-electron chi connectivity index (χ2n) is 5.47. The zero-order valence-electron chi connectivity index (χ0n) is 10.8. The van der Waals surface area contributed by atoms with E-state index in [1.807, 2.05) is 12.1 Å². The molecular formula is C15H20ClNO. The summed E-state index contributed by atoms with van der Waals surface area (Å²) in [5.41, 5.74) is 1.38. The molecule has 2 aliphatic rings. The molecular weight excluding hydrogens is 246 g/mol.